The molecule has 1 atom stereocenters. The Kier molecular flexibility index (Phi) is 6.21. The summed E-state index contributed by atoms with van der Waals surface area (Å²) >= 11 is 0. The maximum absolute atomic E-state index is 11.6. The van der Waals surface area contributed by atoms with E-state index >= 15 is 0 Å². The van der Waals surface area contributed by atoms with Crippen LogP contribution in [0.15, 0.2) is 0 Å². The number of nitrogens with zero attached hydrogens (tertiary/aromatic N) is 1. The van der Waals surface area contributed by atoms with E-state index in [1.54, 1.807) is 13.8 Å². The number of likely N-dealkylation sites (N-methyl/N-ethyl adjacent to an activating group) is 1. The average molecular weight is 282 g/mol. The lowest BCUT2D eigenvalue weighted by molar-refractivity contribution is -0.871. The van der Waals surface area contributed by atoms with E-state index in [0.717, 1.165) is 0 Å². The smallest absolute Gasteiger partial charge is 0.223 e. The molecule has 0 saturated carbocycles. The molecule has 0 saturated heterocycles. The van der Waals surface area contributed by atoms with Crippen molar-refractivity contribution in [3.8, 4) is 0 Å². The van der Waals surface area contributed by atoms with Gasteiger partial charge in [-0.2, -0.15) is 0 Å². The highest BCUT2D eigenvalue weighted by Gasteiger charge is 2.22. The van der Waals surface area contributed by atoms with Crippen molar-refractivity contribution < 1.29 is 26.4 Å². The van der Waals surface area contributed by atoms with Crippen LogP contribution in [0.4, 0.5) is 0 Å². The Bertz CT molecular complexity index is 372. The van der Waals surface area contributed by atoms with Gasteiger partial charge in [-0.15, -0.1) is 0 Å². The summed E-state index contributed by atoms with van der Waals surface area (Å²) in [5.74, 6) is -0.427. The van der Waals surface area contributed by atoms with Gasteiger partial charge in [0, 0.05) is 5.92 Å². The molecule has 18 heavy (non-hydrogen) atoms. The molecule has 0 heterocycles. The minimum absolute atomic E-state index is 0.208. The Labute approximate surface area is 109 Å². The van der Waals surface area contributed by atoms with Crippen molar-refractivity contribution in [1.29, 1.82) is 0 Å². The fourth-order valence-electron chi connectivity index (χ4n) is 1.33. The van der Waals surface area contributed by atoms with Crippen LogP contribution >= 0.6 is 0 Å². The topological polar surface area (TPSA) is 95.5 Å². The largest absolute Gasteiger partial charge is 0.726 e. The Morgan fingerprint density at radius 2 is 1.83 bits per heavy atom. The first-order valence-corrected chi connectivity index (χ1v) is 6.95. The van der Waals surface area contributed by atoms with Crippen molar-refractivity contribution >= 4 is 16.3 Å². The van der Waals surface area contributed by atoms with E-state index in [1.165, 1.54) is 0 Å². The molecule has 0 aliphatic heterocycles. The molecule has 0 aliphatic rings. The molecule has 8 heteroatoms. The number of amides is 1. The fourth-order valence-corrected chi connectivity index (χ4v) is 1.67. The molecular weight excluding hydrogens is 260 g/mol. The molecule has 1 amide bonds. The Hall–Kier alpha value is -0.700. The summed E-state index contributed by atoms with van der Waals surface area (Å²) in [4.78, 5) is 11.6. The summed E-state index contributed by atoms with van der Waals surface area (Å²) < 4.78 is 36.0. The van der Waals surface area contributed by atoms with E-state index in [9.17, 15) is 17.8 Å². The normalized spacial score (nSPS) is 14.6. The minimum atomic E-state index is -4.74. The third-order valence-electron chi connectivity index (χ3n) is 2.05. The Morgan fingerprint density at radius 3 is 2.17 bits per heavy atom. The maximum Gasteiger partial charge on any atom is 0.223 e. The first-order chi connectivity index (χ1) is 7.91. The van der Waals surface area contributed by atoms with Crippen molar-refractivity contribution in [2.75, 3.05) is 34.3 Å². The van der Waals surface area contributed by atoms with Gasteiger partial charge in [-0.25, -0.2) is 8.42 Å². The van der Waals surface area contributed by atoms with Gasteiger partial charge in [-0.05, 0) is 0 Å². The van der Waals surface area contributed by atoms with E-state index in [4.69, 9.17) is 0 Å². The Balaban J connectivity index is 4.58. The van der Waals surface area contributed by atoms with Crippen LogP contribution in [0.5, 0.6) is 0 Å². The lowest BCUT2D eigenvalue weighted by Crippen LogP contribution is -2.51. The SMILES string of the molecule is CC(C)C(=O)NC(COS(=O)(=O)[O-])C[N+](C)(C)C. The highest BCUT2D eigenvalue weighted by atomic mass is 32.3. The van der Waals surface area contributed by atoms with E-state index in [1.807, 2.05) is 21.1 Å². The van der Waals surface area contributed by atoms with Crippen molar-refractivity contribution in [1.82, 2.24) is 5.32 Å². The van der Waals surface area contributed by atoms with Gasteiger partial charge in [0.05, 0.1) is 27.7 Å². The molecule has 0 aromatic carbocycles. The third kappa shape index (κ3) is 9.34. The summed E-state index contributed by atoms with van der Waals surface area (Å²) in [7, 11) is 0.928. The molecule has 0 rings (SSSR count). The zero-order chi connectivity index (χ0) is 14.6. The van der Waals surface area contributed by atoms with Gasteiger partial charge in [0.15, 0.2) is 0 Å². The fraction of sp³-hybridized carbons (Fsp3) is 0.900. The number of nitrogens with one attached hydrogen (secondary N) is 1. The summed E-state index contributed by atoms with van der Waals surface area (Å²) in [6.45, 7) is 3.56. The molecule has 108 valence electrons. The van der Waals surface area contributed by atoms with Crippen LogP contribution < -0.4 is 5.32 Å². The first kappa shape index (κ1) is 17.3. The van der Waals surface area contributed by atoms with E-state index in [2.05, 4.69) is 9.50 Å². The molecule has 0 aromatic rings. The zero-order valence-electron chi connectivity index (χ0n) is 11.5. The maximum atomic E-state index is 11.6. The molecule has 0 radical (unpaired) electrons. The second-order valence-electron chi connectivity index (χ2n) is 5.53. The van der Waals surface area contributed by atoms with E-state index < -0.39 is 16.4 Å². The second-order valence-corrected chi connectivity index (χ2v) is 6.58. The lowest BCUT2D eigenvalue weighted by atomic mass is 10.2. The molecule has 7 nitrogen and oxygen atoms in total. The van der Waals surface area contributed by atoms with E-state index in [-0.39, 0.29) is 18.4 Å². The highest BCUT2D eigenvalue weighted by Crippen LogP contribution is 2.01. The van der Waals surface area contributed by atoms with Crippen molar-refractivity contribution in [3.05, 3.63) is 0 Å². The second kappa shape index (κ2) is 6.46. The number of hydrogen-bond acceptors (Lipinski definition) is 5. The van der Waals surface area contributed by atoms with Crippen molar-refractivity contribution in [2.24, 2.45) is 5.92 Å². The van der Waals surface area contributed by atoms with Gasteiger partial charge >= 0.3 is 0 Å². The number of rotatable bonds is 7. The van der Waals surface area contributed by atoms with Gasteiger partial charge in [0.2, 0.25) is 16.3 Å². The predicted molar refractivity (Wildman–Crippen MR) is 65.3 cm³/mol. The van der Waals surface area contributed by atoms with Gasteiger partial charge < -0.3 is 14.4 Å². The number of carbonyl (C=O) groups is 1. The minimum Gasteiger partial charge on any atom is -0.726 e. The van der Waals surface area contributed by atoms with Crippen molar-refractivity contribution in [3.63, 3.8) is 0 Å². The molecule has 0 bridgehead atoms. The number of quaternary nitrogens is 1. The standard InChI is InChI=1S/C10H22N2O5S/c1-8(2)10(13)11-9(6-12(3,4)5)7-17-18(14,15)16/h8-9H,6-7H2,1-5H3,(H-,11,13,14,15,16). The molecular formula is C10H22N2O5S. The van der Waals surface area contributed by atoms with Crippen LogP contribution in [0, 0.1) is 5.92 Å². The molecule has 1 N–H and O–H groups in total. The van der Waals surface area contributed by atoms with Crippen LogP contribution in [-0.2, 0) is 19.4 Å². The summed E-state index contributed by atoms with van der Waals surface area (Å²) in [5, 5.41) is 2.66. The lowest BCUT2D eigenvalue weighted by Gasteiger charge is -2.30. The highest BCUT2D eigenvalue weighted by molar-refractivity contribution is 7.80. The van der Waals surface area contributed by atoms with Gasteiger partial charge in [0.1, 0.15) is 12.6 Å². The van der Waals surface area contributed by atoms with Gasteiger partial charge in [-0.1, -0.05) is 13.8 Å². The van der Waals surface area contributed by atoms with Crippen molar-refractivity contribution in [2.45, 2.75) is 19.9 Å². The van der Waals surface area contributed by atoms with Crippen LogP contribution in [-0.4, -0.2) is 63.7 Å². The third-order valence-corrected chi connectivity index (χ3v) is 2.48. The molecule has 0 aliphatic carbocycles. The Morgan fingerprint density at radius 1 is 1.33 bits per heavy atom. The molecule has 0 fully saturated rings. The summed E-state index contributed by atoms with van der Waals surface area (Å²) in [5.41, 5.74) is 0. The quantitative estimate of drug-likeness (QED) is 0.379. The number of carbonyl (C=O) groups excluding carboxylic acids is 1. The van der Waals surface area contributed by atoms with Crippen LogP contribution in [0.1, 0.15) is 13.8 Å². The first-order valence-electron chi connectivity index (χ1n) is 5.62. The number of hydrogen-bond donors (Lipinski definition) is 1. The van der Waals surface area contributed by atoms with Crippen LogP contribution in [0.2, 0.25) is 0 Å². The monoisotopic (exact) mass is 282 g/mol. The zero-order valence-corrected chi connectivity index (χ0v) is 12.3. The summed E-state index contributed by atoms with van der Waals surface area (Å²) in [6, 6.07) is -0.524. The molecule has 0 spiro atoms. The van der Waals surface area contributed by atoms with Gasteiger partial charge in [-0.3, -0.25) is 8.98 Å². The van der Waals surface area contributed by atoms with Crippen LogP contribution in [0.25, 0.3) is 0 Å². The predicted octanol–water partition coefficient (Wildman–Crippen LogP) is -0.690. The summed E-state index contributed by atoms with van der Waals surface area (Å²) in [6.07, 6.45) is 0. The molecule has 0 aromatic heterocycles. The van der Waals surface area contributed by atoms with Gasteiger partial charge in [0.25, 0.3) is 0 Å². The van der Waals surface area contributed by atoms with E-state index in [0.29, 0.717) is 11.0 Å². The van der Waals surface area contributed by atoms with Crippen LogP contribution in [0.3, 0.4) is 0 Å². The average Bonchev–Trinajstić information content (AvgIpc) is 2.10. The molecule has 1 unspecified atom stereocenters.